The second kappa shape index (κ2) is 6.75. The summed E-state index contributed by atoms with van der Waals surface area (Å²) in [4.78, 5) is 10.8. The summed E-state index contributed by atoms with van der Waals surface area (Å²) in [6.45, 7) is 1.23. The van der Waals surface area contributed by atoms with Crippen LogP contribution in [-0.4, -0.2) is 31.4 Å². The number of hydrogen-bond donors (Lipinski definition) is 2. The van der Waals surface area contributed by atoms with E-state index >= 15 is 0 Å². The molecule has 0 aliphatic rings. The van der Waals surface area contributed by atoms with Crippen molar-refractivity contribution in [2.24, 2.45) is 0 Å². The number of nitrogens with two attached hydrogens (primary N) is 1. The number of ether oxygens (including phenoxy) is 2. The molecule has 3 N–H and O–H groups in total. The summed E-state index contributed by atoms with van der Waals surface area (Å²) in [5, 5.41) is 8.88. The van der Waals surface area contributed by atoms with Crippen molar-refractivity contribution in [1.29, 1.82) is 0 Å². The molecule has 1 aromatic carbocycles. The number of carboxylic acids is 1. The Labute approximate surface area is 100 Å². The van der Waals surface area contributed by atoms with Crippen molar-refractivity contribution in [2.45, 2.75) is 12.8 Å². The van der Waals surface area contributed by atoms with E-state index in [4.69, 9.17) is 20.3 Å². The first-order valence-electron chi connectivity index (χ1n) is 5.39. The van der Waals surface area contributed by atoms with Gasteiger partial charge in [-0.15, -0.1) is 0 Å². The normalized spacial score (nSPS) is 10.2. The second-order valence-electron chi connectivity index (χ2n) is 3.60. The lowest BCUT2D eigenvalue weighted by Gasteiger charge is -2.08. The molecule has 0 spiro atoms. The number of rotatable bonds is 7. The highest BCUT2D eigenvalue weighted by Crippen LogP contribution is 2.19. The van der Waals surface area contributed by atoms with E-state index in [0.717, 1.165) is 12.8 Å². The van der Waals surface area contributed by atoms with Crippen LogP contribution in [0.4, 0.5) is 5.69 Å². The molecule has 0 heterocycles. The van der Waals surface area contributed by atoms with Crippen molar-refractivity contribution in [1.82, 2.24) is 0 Å². The fourth-order valence-corrected chi connectivity index (χ4v) is 1.35. The van der Waals surface area contributed by atoms with Crippen LogP contribution >= 0.6 is 0 Å². The summed E-state index contributed by atoms with van der Waals surface area (Å²) in [6.07, 6.45) is 1.78. The van der Waals surface area contributed by atoms with Gasteiger partial charge >= 0.3 is 5.97 Å². The molecule has 0 fully saturated rings. The van der Waals surface area contributed by atoms with Crippen molar-refractivity contribution in [3.05, 3.63) is 23.8 Å². The van der Waals surface area contributed by atoms with Gasteiger partial charge in [0.2, 0.25) is 0 Å². The van der Waals surface area contributed by atoms with Crippen LogP contribution < -0.4 is 10.5 Å². The monoisotopic (exact) mass is 239 g/mol. The van der Waals surface area contributed by atoms with Gasteiger partial charge in [0.1, 0.15) is 5.75 Å². The zero-order valence-electron chi connectivity index (χ0n) is 9.81. The predicted octanol–water partition coefficient (Wildman–Crippen LogP) is 1.77. The van der Waals surface area contributed by atoms with Crippen LogP contribution in [-0.2, 0) is 4.74 Å². The maximum atomic E-state index is 10.8. The van der Waals surface area contributed by atoms with E-state index in [2.05, 4.69) is 0 Å². The molecule has 0 aromatic heterocycles. The fourth-order valence-electron chi connectivity index (χ4n) is 1.35. The predicted molar refractivity (Wildman–Crippen MR) is 64.4 cm³/mol. The van der Waals surface area contributed by atoms with Gasteiger partial charge in [0.15, 0.2) is 0 Å². The zero-order valence-corrected chi connectivity index (χ0v) is 9.81. The Morgan fingerprint density at radius 1 is 1.35 bits per heavy atom. The van der Waals surface area contributed by atoms with Gasteiger partial charge in [-0.1, -0.05) is 0 Å². The van der Waals surface area contributed by atoms with E-state index in [1.807, 2.05) is 0 Å². The molecule has 5 heteroatoms. The molecule has 0 amide bonds. The molecule has 0 radical (unpaired) electrons. The molecule has 0 unspecified atom stereocenters. The summed E-state index contributed by atoms with van der Waals surface area (Å²) in [7, 11) is 1.65. The molecule has 0 saturated heterocycles. The Bertz CT molecular complexity index is 379. The largest absolute Gasteiger partial charge is 0.494 e. The smallest absolute Gasteiger partial charge is 0.337 e. The third-order valence-corrected chi connectivity index (χ3v) is 2.27. The minimum absolute atomic E-state index is 0.0689. The Balaban J connectivity index is 2.49. The maximum absolute atomic E-state index is 10.8. The molecular weight excluding hydrogens is 222 g/mol. The average Bonchev–Trinajstić information content (AvgIpc) is 2.30. The maximum Gasteiger partial charge on any atom is 0.337 e. The van der Waals surface area contributed by atoms with E-state index in [1.165, 1.54) is 12.1 Å². The number of benzene rings is 1. The lowest BCUT2D eigenvalue weighted by Crippen LogP contribution is -2.04. The Kier molecular flexibility index (Phi) is 5.29. The highest BCUT2D eigenvalue weighted by molar-refractivity contribution is 5.94. The molecule has 1 rings (SSSR count). The van der Waals surface area contributed by atoms with Crippen LogP contribution in [0.1, 0.15) is 23.2 Å². The van der Waals surface area contributed by atoms with E-state index in [-0.39, 0.29) is 11.3 Å². The van der Waals surface area contributed by atoms with E-state index in [1.54, 1.807) is 13.2 Å². The Morgan fingerprint density at radius 2 is 2.06 bits per heavy atom. The van der Waals surface area contributed by atoms with Crippen LogP contribution in [0.5, 0.6) is 5.75 Å². The molecule has 0 aliphatic carbocycles. The molecule has 0 saturated carbocycles. The summed E-state index contributed by atoms with van der Waals surface area (Å²) in [5.74, 6) is -0.527. The number of aromatic carboxylic acids is 1. The van der Waals surface area contributed by atoms with Crippen molar-refractivity contribution in [3.63, 3.8) is 0 Å². The lowest BCUT2D eigenvalue weighted by atomic mass is 10.2. The van der Waals surface area contributed by atoms with Crippen molar-refractivity contribution >= 4 is 11.7 Å². The number of unbranched alkanes of at least 4 members (excludes halogenated alkanes) is 1. The average molecular weight is 239 g/mol. The van der Waals surface area contributed by atoms with E-state index in [0.29, 0.717) is 19.0 Å². The number of nitrogen functional groups attached to an aromatic ring is 1. The molecular formula is C12H17NO4. The van der Waals surface area contributed by atoms with Crippen LogP contribution in [0.2, 0.25) is 0 Å². The molecule has 5 nitrogen and oxygen atoms in total. The third kappa shape index (κ3) is 4.32. The van der Waals surface area contributed by atoms with Gasteiger partial charge in [0, 0.05) is 19.4 Å². The molecule has 0 atom stereocenters. The quantitative estimate of drug-likeness (QED) is 0.559. The first kappa shape index (κ1) is 13.3. The number of carboxylic acid groups (broad SMARTS) is 1. The summed E-state index contributed by atoms with van der Waals surface area (Å²) in [5.41, 5.74) is 5.84. The van der Waals surface area contributed by atoms with E-state index in [9.17, 15) is 4.79 Å². The minimum atomic E-state index is -1.05. The van der Waals surface area contributed by atoms with Crippen LogP contribution in [0.3, 0.4) is 0 Å². The number of carbonyl (C=O) groups is 1. The van der Waals surface area contributed by atoms with Crippen molar-refractivity contribution in [2.75, 3.05) is 26.1 Å². The number of methoxy groups -OCH3 is 1. The van der Waals surface area contributed by atoms with Gasteiger partial charge in [0.25, 0.3) is 0 Å². The first-order valence-corrected chi connectivity index (χ1v) is 5.39. The molecule has 1 aromatic rings. The van der Waals surface area contributed by atoms with Crippen LogP contribution in [0.25, 0.3) is 0 Å². The van der Waals surface area contributed by atoms with Gasteiger partial charge in [-0.2, -0.15) is 0 Å². The first-order chi connectivity index (χ1) is 8.15. The van der Waals surface area contributed by atoms with Crippen molar-refractivity contribution < 1.29 is 19.4 Å². The van der Waals surface area contributed by atoms with Gasteiger partial charge in [-0.25, -0.2) is 4.79 Å². The van der Waals surface area contributed by atoms with E-state index < -0.39 is 5.97 Å². The highest BCUT2D eigenvalue weighted by Gasteiger charge is 2.08. The number of hydrogen-bond acceptors (Lipinski definition) is 4. The Hall–Kier alpha value is -1.75. The zero-order chi connectivity index (χ0) is 12.7. The minimum Gasteiger partial charge on any atom is -0.494 e. The SMILES string of the molecule is COCCCCOc1ccc(N)c(C(=O)O)c1. The molecule has 17 heavy (non-hydrogen) atoms. The standard InChI is InChI=1S/C12H17NO4/c1-16-6-2-3-7-17-9-4-5-11(13)10(8-9)12(14)15/h4-5,8H,2-3,6-7,13H2,1H3,(H,14,15). The summed E-state index contributed by atoms with van der Waals surface area (Å²) in [6, 6.07) is 4.64. The lowest BCUT2D eigenvalue weighted by molar-refractivity contribution is 0.0697. The third-order valence-electron chi connectivity index (χ3n) is 2.27. The van der Waals surface area contributed by atoms with Crippen LogP contribution in [0, 0.1) is 0 Å². The topological polar surface area (TPSA) is 81.8 Å². The fraction of sp³-hybridized carbons (Fsp3) is 0.417. The van der Waals surface area contributed by atoms with Crippen LogP contribution in [0.15, 0.2) is 18.2 Å². The van der Waals surface area contributed by atoms with Gasteiger partial charge in [0.05, 0.1) is 12.2 Å². The summed E-state index contributed by atoms with van der Waals surface area (Å²) >= 11 is 0. The van der Waals surface area contributed by atoms with Gasteiger partial charge in [-0.3, -0.25) is 0 Å². The summed E-state index contributed by atoms with van der Waals surface area (Å²) < 4.78 is 10.3. The molecule has 94 valence electrons. The number of anilines is 1. The Morgan fingerprint density at radius 3 is 2.71 bits per heavy atom. The van der Waals surface area contributed by atoms with Gasteiger partial charge in [-0.05, 0) is 31.0 Å². The van der Waals surface area contributed by atoms with Gasteiger partial charge < -0.3 is 20.3 Å². The second-order valence-corrected chi connectivity index (χ2v) is 3.60. The molecule has 0 aliphatic heterocycles. The van der Waals surface area contributed by atoms with Crippen molar-refractivity contribution in [3.8, 4) is 5.75 Å². The molecule has 0 bridgehead atoms. The highest BCUT2D eigenvalue weighted by atomic mass is 16.5.